The van der Waals surface area contributed by atoms with Gasteiger partial charge in [-0.3, -0.25) is 4.90 Å². The summed E-state index contributed by atoms with van der Waals surface area (Å²) in [7, 11) is 0. The number of nitrogens with zero attached hydrogens (tertiary/aromatic N) is 1. The van der Waals surface area contributed by atoms with Crippen LogP contribution < -0.4 is 4.74 Å². The lowest BCUT2D eigenvalue weighted by Crippen LogP contribution is -2.33. The van der Waals surface area contributed by atoms with Crippen molar-refractivity contribution in [1.82, 2.24) is 4.90 Å². The summed E-state index contributed by atoms with van der Waals surface area (Å²) < 4.78 is 40.2. The highest BCUT2D eigenvalue weighted by Gasteiger charge is 2.31. The second kappa shape index (κ2) is 7.83. The van der Waals surface area contributed by atoms with E-state index in [4.69, 9.17) is 5.11 Å². The molecule has 3 nitrogen and oxygen atoms in total. The smallest absolute Gasteiger partial charge is 0.406 e. The standard InChI is InChI=1S/C16H24F3NO2/c1-15(2,3)12-20(9-4-10-21)11-13-5-7-14(8-6-13)22-16(17,18)19/h5-8,21H,4,9-12H2,1-3H3. The lowest BCUT2D eigenvalue weighted by Gasteiger charge is -2.30. The van der Waals surface area contributed by atoms with E-state index in [-0.39, 0.29) is 17.8 Å². The third-order valence-corrected chi connectivity index (χ3v) is 2.89. The van der Waals surface area contributed by atoms with Crippen LogP contribution in [0.3, 0.4) is 0 Å². The van der Waals surface area contributed by atoms with E-state index in [9.17, 15) is 13.2 Å². The van der Waals surface area contributed by atoms with Gasteiger partial charge in [-0.15, -0.1) is 13.2 Å². The lowest BCUT2D eigenvalue weighted by atomic mass is 9.95. The molecule has 6 heteroatoms. The molecule has 0 amide bonds. The molecule has 0 aliphatic rings. The minimum atomic E-state index is -4.67. The molecule has 1 N–H and O–H groups in total. The number of hydrogen-bond donors (Lipinski definition) is 1. The Bertz CT molecular complexity index is 438. The van der Waals surface area contributed by atoms with Gasteiger partial charge < -0.3 is 9.84 Å². The monoisotopic (exact) mass is 319 g/mol. The maximum Gasteiger partial charge on any atom is 0.573 e. The molecule has 0 aliphatic heterocycles. The quantitative estimate of drug-likeness (QED) is 0.829. The van der Waals surface area contributed by atoms with Crippen LogP contribution in [-0.4, -0.2) is 36.1 Å². The number of alkyl halides is 3. The molecule has 1 aromatic carbocycles. The maximum atomic E-state index is 12.1. The summed E-state index contributed by atoms with van der Waals surface area (Å²) in [6.45, 7) is 8.71. The molecule has 0 saturated carbocycles. The Balaban J connectivity index is 2.68. The van der Waals surface area contributed by atoms with Gasteiger partial charge in [0.05, 0.1) is 0 Å². The molecule has 0 unspecified atom stereocenters. The molecule has 1 aromatic rings. The SMILES string of the molecule is CC(C)(C)CN(CCCO)Cc1ccc(OC(F)(F)F)cc1. The van der Waals surface area contributed by atoms with Crippen molar-refractivity contribution in [1.29, 1.82) is 0 Å². The van der Waals surface area contributed by atoms with Crippen molar-refractivity contribution in [2.45, 2.75) is 40.1 Å². The molecular formula is C16H24F3NO2. The fourth-order valence-corrected chi connectivity index (χ4v) is 2.23. The van der Waals surface area contributed by atoms with Gasteiger partial charge in [-0.1, -0.05) is 32.9 Å². The van der Waals surface area contributed by atoms with Crippen molar-refractivity contribution in [3.05, 3.63) is 29.8 Å². The van der Waals surface area contributed by atoms with Crippen LogP contribution in [-0.2, 0) is 6.54 Å². The molecule has 0 fully saturated rings. The molecular weight excluding hydrogens is 295 g/mol. The number of hydrogen-bond acceptors (Lipinski definition) is 3. The minimum absolute atomic E-state index is 0.106. The Hall–Kier alpha value is -1.27. The lowest BCUT2D eigenvalue weighted by molar-refractivity contribution is -0.274. The number of ether oxygens (including phenoxy) is 1. The topological polar surface area (TPSA) is 32.7 Å². The number of halogens is 3. The number of rotatable bonds is 7. The third kappa shape index (κ3) is 8.24. The van der Waals surface area contributed by atoms with Gasteiger partial charge in [-0.05, 0) is 29.5 Å². The van der Waals surface area contributed by atoms with Crippen molar-refractivity contribution < 1.29 is 23.0 Å². The number of aliphatic hydroxyl groups is 1. The average molecular weight is 319 g/mol. The van der Waals surface area contributed by atoms with E-state index >= 15 is 0 Å². The zero-order valence-corrected chi connectivity index (χ0v) is 13.3. The molecule has 0 saturated heterocycles. The predicted molar refractivity (Wildman–Crippen MR) is 79.6 cm³/mol. The van der Waals surface area contributed by atoms with Gasteiger partial charge in [-0.2, -0.15) is 0 Å². The normalized spacial score (nSPS) is 12.7. The fraction of sp³-hybridized carbons (Fsp3) is 0.625. The van der Waals surface area contributed by atoms with Gasteiger partial charge in [-0.25, -0.2) is 0 Å². The van der Waals surface area contributed by atoms with Crippen LogP contribution in [0.25, 0.3) is 0 Å². The van der Waals surface area contributed by atoms with E-state index in [1.165, 1.54) is 12.1 Å². The predicted octanol–water partition coefficient (Wildman–Crippen LogP) is 3.82. The highest BCUT2D eigenvalue weighted by Crippen LogP contribution is 2.23. The summed E-state index contributed by atoms with van der Waals surface area (Å²) in [6, 6.07) is 5.92. The van der Waals surface area contributed by atoms with Crippen LogP contribution in [0.4, 0.5) is 13.2 Å². The van der Waals surface area contributed by atoms with Crippen LogP contribution in [0.1, 0.15) is 32.8 Å². The van der Waals surface area contributed by atoms with Crippen LogP contribution in [0.2, 0.25) is 0 Å². The molecule has 126 valence electrons. The summed E-state index contributed by atoms with van der Waals surface area (Å²) in [4.78, 5) is 2.19. The van der Waals surface area contributed by atoms with Crippen molar-refractivity contribution >= 4 is 0 Å². The van der Waals surface area contributed by atoms with Crippen molar-refractivity contribution in [3.63, 3.8) is 0 Å². The zero-order chi connectivity index (χ0) is 16.8. The van der Waals surface area contributed by atoms with Gasteiger partial charge in [0.15, 0.2) is 0 Å². The Kier molecular flexibility index (Phi) is 6.68. The van der Waals surface area contributed by atoms with Gasteiger partial charge >= 0.3 is 6.36 Å². The molecule has 1 rings (SSSR count). The number of aliphatic hydroxyl groups excluding tert-OH is 1. The van der Waals surface area contributed by atoms with Crippen molar-refractivity contribution in [3.8, 4) is 5.75 Å². The molecule has 0 radical (unpaired) electrons. The van der Waals surface area contributed by atoms with Crippen LogP contribution >= 0.6 is 0 Å². The van der Waals surface area contributed by atoms with E-state index in [1.54, 1.807) is 12.1 Å². The summed E-state index contributed by atoms with van der Waals surface area (Å²) >= 11 is 0. The van der Waals surface area contributed by atoms with E-state index in [1.807, 2.05) is 0 Å². The Morgan fingerprint density at radius 1 is 1.09 bits per heavy atom. The largest absolute Gasteiger partial charge is 0.573 e. The summed E-state index contributed by atoms with van der Waals surface area (Å²) in [5, 5.41) is 8.97. The second-order valence-electron chi connectivity index (χ2n) is 6.54. The molecule has 0 aliphatic carbocycles. The van der Waals surface area contributed by atoms with Crippen LogP contribution in [0.15, 0.2) is 24.3 Å². The van der Waals surface area contributed by atoms with Crippen molar-refractivity contribution in [2.75, 3.05) is 19.7 Å². The highest BCUT2D eigenvalue weighted by atomic mass is 19.4. The Labute approximate surface area is 129 Å². The summed E-state index contributed by atoms with van der Waals surface area (Å²) in [5.41, 5.74) is 1.02. The van der Waals surface area contributed by atoms with Gasteiger partial charge in [0, 0.05) is 26.2 Å². The minimum Gasteiger partial charge on any atom is -0.406 e. The van der Waals surface area contributed by atoms with Crippen LogP contribution in [0, 0.1) is 5.41 Å². The van der Waals surface area contributed by atoms with E-state index in [0.29, 0.717) is 13.0 Å². The zero-order valence-electron chi connectivity index (χ0n) is 13.3. The number of benzene rings is 1. The molecule has 0 atom stereocenters. The molecule has 0 heterocycles. The molecule has 22 heavy (non-hydrogen) atoms. The van der Waals surface area contributed by atoms with Crippen LogP contribution in [0.5, 0.6) is 5.75 Å². The summed E-state index contributed by atoms with van der Waals surface area (Å²) in [5.74, 6) is -0.214. The summed E-state index contributed by atoms with van der Waals surface area (Å²) in [6.07, 6.45) is -3.99. The van der Waals surface area contributed by atoms with Gasteiger partial charge in [0.1, 0.15) is 5.75 Å². The molecule has 0 bridgehead atoms. The first-order valence-electron chi connectivity index (χ1n) is 7.27. The van der Waals surface area contributed by atoms with E-state index in [0.717, 1.165) is 18.7 Å². The molecule has 0 spiro atoms. The first kappa shape index (κ1) is 18.8. The first-order valence-corrected chi connectivity index (χ1v) is 7.27. The van der Waals surface area contributed by atoms with E-state index < -0.39 is 6.36 Å². The Morgan fingerprint density at radius 3 is 2.14 bits per heavy atom. The molecule has 0 aromatic heterocycles. The Morgan fingerprint density at radius 2 is 1.68 bits per heavy atom. The first-order chi connectivity index (χ1) is 10.1. The van der Waals surface area contributed by atoms with Crippen molar-refractivity contribution in [2.24, 2.45) is 5.41 Å². The highest BCUT2D eigenvalue weighted by molar-refractivity contribution is 5.27. The fourth-order valence-electron chi connectivity index (χ4n) is 2.23. The van der Waals surface area contributed by atoms with E-state index in [2.05, 4.69) is 30.4 Å². The maximum absolute atomic E-state index is 12.1. The third-order valence-electron chi connectivity index (χ3n) is 2.89. The van der Waals surface area contributed by atoms with Gasteiger partial charge in [0.2, 0.25) is 0 Å². The second-order valence-corrected chi connectivity index (χ2v) is 6.54. The average Bonchev–Trinajstić information content (AvgIpc) is 2.35. The van der Waals surface area contributed by atoms with Gasteiger partial charge in [0.25, 0.3) is 0 Å².